The summed E-state index contributed by atoms with van der Waals surface area (Å²) in [7, 11) is 0. The predicted octanol–water partition coefficient (Wildman–Crippen LogP) is 14.4. The van der Waals surface area contributed by atoms with Crippen LogP contribution in [0, 0.1) is 11.8 Å². The number of hydrogen-bond acceptors (Lipinski definition) is 18. The maximum Gasteiger partial charge on any atom is 0.303 e. The molecule has 0 aromatic rings. The molecular formula is C82H150N4O20. The summed E-state index contributed by atoms with van der Waals surface area (Å²) < 4.78 is 33.0. The van der Waals surface area contributed by atoms with Crippen molar-refractivity contribution in [3.8, 4) is 0 Å². The molecule has 2 atom stereocenters. The van der Waals surface area contributed by atoms with Gasteiger partial charge in [0.15, 0.2) is 0 Å². The average Bonchev–Trinajstić information content (AvgIpc) is 0.947. The van der Waals surface area contributed by atoms with Crippen molar-refractivity contribution in [3.05, 3.63) is 0 Å². The number of Topliss-reactive ketones (excluding diaryl/α,β-unsaturated/α-hetero) is 6. The van der Waals surface area contributed by atoms with E-state index >= 15 is 0 Å². The number of carboxylic acid groups (broad SMARTS) is 2. The smallest absolute Gasteiger partial charge is 0.303 e. The zero-order chi connectivity index (χ0) is 79.0. The molecule has 0 aromatic carbocycles. The van der Waals surface area contributed by atoms with Crippen molar-refractivity contribution in [1.82, 2.24) is 21.3 Å². The van der Waals surface area contributed by atoms with Crippen LogP contribution < -0.4 is 21.3 Å². The van der Waals surface area contributed by atoms with Gasteiger partial charge < -0.3 is 69.5 Å². The zero-order valence-electron chi connectivity index (χ0n) is 67.2. The van der Waals surface area contributed by atoms with Crippen molar-refractivity contribution in [3.63, 3.8) is 0 Å². The third-order valence-electron chi connectivity index (χ3n) is 17.9. The Morgan fingerprint density at radius 3 is 0.736 bits per heavy atom. The van der Waals surface area contributed by atoms with Crippen LogP contribution in [0.4, 0.5) is 0 Å². The summed E-state index contributed by atoms with van der Waals surface area (Å²) >= 11 is 0. The summed E-state index contributed by atoms with van der Waals surface area (Å²) in [5.74, 6) is -2.08. The molecule has 0 spiro atoms. The van der Waals surface area contributed by atoms with Gasteiger partial charge in [0.2, 0.25) is 23.6 Å². The lowest BCUT2D eigenvalue weighted by molar-refractivity contribution is -0.138. The quantitative estimate of drug-likeness (QED) is 0.0308. The van der Waals surface area contributed by atoms with Crippen molar-refractivity contribution in [2.45, 2.75) is 337 Å². The molecule has 0 aliphatic rings. The van der Waals surface area contributed by atoms with Crippen LogP contribution in [-0.2, 0) is 86.0 Å². The average molecular weight is 1510 g/mol. The Kier molecular flexibility index (Phi) is 81.1. The number of carbonyl (C=O) groups is 12. The summed E-state index contributed by atoms with van der Waals surface area (Å²) in [5, 5.41) is 28.8. The highest BCUT2D eigenvalue weighted by Gasteiger charge is 2.20. The van der Waals surface area contributed by atoms with Crippen molar-refractivity contribution in [1.29, 1.82) is 0 Å². The lowest BCUT2D eigenvalue weighted by atomic mass is 9.91. The minimum atomic E-state index is -0.697. The maximum atomic E-state index is 12.2. The van der Waals surface area contributed by atoms with Gasteiger partial charge in [0.05, 0.1) is 52.9 Å². The molecule has 0 saturated heterocycles. The zero-order valence-corrected chi connectivity index (χ0v) is 67.2. The van der Waals surface area contributed by atoms with Crippen molar-refractivity contribution < 1.29 is 96.2 Å². The minimum absolute atomic E-state index is 0.00745. The number of carbonyl (C=O) groups excluding carboxylic acids is 10. The van der Waals surface area contributed by atoms with E-state index in [9.17, 15) is 57.5 Å². The second-order valence-corrected chi connectivity index (χ2v) is 28.0. The third kappa shape index (κ3) is 87.5. The van der Waals surface area contributed by atoms with E-state index in [2.05, 4.69) is 21.3 Å². The summed E-state index contributed by atoms with van der Waals surface area (Å²) in [6.07, 6.45) is 40.9. The van der Waals surface area contributed by atoms with Crippen LogP contribution in [0.15, 0.2) is 0 Å². The fourth-order valence-corrected chi connectivity index (χ4v) is 11.2. The monoisotopic (exact) mass is 1510 g/mol. The van der Waals surface area contributed by atoms with E-state index in [4.69, 9.17) is 38.6 Å². The number of ether oxygens (including phenoxy) is 6. The largest absolute Gasteiger partial charge is 0.481 e. The normalized spacial score (nSPS) is 11.5. The Morgan fingerprint density at radius 1 is 0.255 bits per heavy atom. The van der Waals surface area contributed by atoms with Crippen LogP contribution in [0.25, 0.3) is 0 Å². The molecular weight excluding hydrogens is 1360 g/mol. The third-order valence-corrected chi connectivity index (χ3v) is 17.9. The van der Waals surface area contributed by atoms with Gasteiger partial charge in [-0.3, -0.25) is 47.9 Å². The molecule has 0 bridgehead atoms. The fraction of sp³-hybridized carbons (Fsp3) is 0.854. The molecule has 0 aromatic heterocycles. The molecule has 24 heteroatoms. The van der Waals surface area contributed by atoms with Crippen LogP contribution in [0.1, 0.15) is 337 Å². The molecule has 0 heterocycles. The van der Waals surface area contributed by atoms with Gasteiger partial charge in [0.25, 0.3) is 0 Å². The molecule has 0 aliphatic heterocycles. The summed E-state index contributed by atoms with van der Waals surface area (Å²) in [5.41, 5.74) is 0. The number of unbranched alkanes of at least 4 members (excludes halogenated alkanes) is 26. The van der Waals surface area contributed by atoms with Gasteiger partial charge in [-0.15, -0.1) is 0 Å². The Hall–Kier alpha value is -5.40. The first kappa shape index (κ1) is 105. The summed E-state index contributed by atoms with van der Waals surface area (Å²) in [6, 6.07) is 0. The number of hydrogen-bond donors (Lipinski definition) is 6. The van der Waals surface area contributed by atoms with E-state index in [1.54, 1.807) is 6.92 Å². The molecule has 0 unspecified atom stereocenters. The predicted molar refractivity (Wildman–Crippen MR) is 416 cm³/mol. The molecule has 24 nitrogen and oxygen atoms in total. The molecule has 6 N–H and O–H groups in total. The Morgan fingerprint density at radius 2 is 0.491 bits per heavy atom. The highest BCUT2D eigenvalue weighted by atomic mass is 16.5. The number of aliphatic carboxylic acids is 2. The number of ketones is 6. The van der Waals surface area contributed by atoms with Gasteiger partial charge in [-0.25, -0.2) is 0 Å². The lowest BCUT2D eigenvalue weighted by Crippen LogP contribution is -2.26. The van der Waals surface area contributed by atoms with Gasteiger partial charge in [0.1, 0.15) is 34.7 Å². The van der Waals surface area contributed by atoms with E-state index in [0.29, 0.717) is 176 Å². The lowest BCUT2D eigenvalue weighted by Gasteiger charge is -2.12. The van der Waals surface area contributed by atoms with Gasteiger partial charge in [-0.2, -0.15) is 0 Å². The topological polar surface area (TPSA) is 349 Å². The number of amides is 4. The molecule has 0 rings (SSSR count). The standard InChI is InChI=1S/C38H68N2O10.C33H64N2O7.C11H18O3/c1-32(41)19-20-34(33(2)42)31-35(43)21-22-37(45)40-24-16-26-49-28-30-50-29-27-48-25-15-23-39-36(44)17-13-11-9-7-5-3-4-6-8-10-12-14-18-38(46)47;1-2-31(36)34-23-19-25-40-27-29-42-30-28-41-26-20-24-35-32(37)21-17-15-13-11-9-7-5-3-4-6-8-10-12-14-16-18-22-33(38)39;1-4-11(14)7-10(9(3)13)6-5-8(2)12/h34H,3-31H2,1-2H3,(H,39,44)(H,40,45)(H,46,47);2-30H2,1H3,(H,34,36)(H,35,37)(H,38,39);10H,4-7H2,1-3H3/t34-;;10-/m1.1/s1. The molecule has 106 heavy (non-hydrogen) atoms. The maximum absolute atomic E-state index is 12.2. The molecule has 0 radical (unpaired) electrons. The molecule has 0 fully saturated rings. The van der Waals surface area contributed by atoms with Crippen molar-refractivity contribution in [2.75, 3.05) is 105 Å². The van der Waals surface area contributed by atoms with Gasteiger partial charge in [0, 0.05) is 141 Å². The first-order valence-corrected chi connectivity index (χ1v) is 41.1. The molecule has 618 valence electrons. The van der Waals surface area contributed by atoms with Crippen LogP contribution in [0.3, 0.4) is 0 Å². The van der Waals surface area contributed by atoms with Crippen LogP contribution in [0.2, 0.25) is 0 Å². The van der Waals surface area contributed by atoms with Crippen LogP contribution in [0.5, 0.6) is 0 Å². The number of rotatable bonds is 79. The Bertz CT molecular complexity index is 2220. The van der Waals surface area contributed by atoms with Gasteiger partial charge in [-0.05, 0) is 91.9 Å². The van der Waals surface area contributed by atoms with E-state index in [0.717, 1.165) is 77.0 Å². The van der Waals surface area contributed by atoms with Crippen LogP contribution >= 0.6 is 0 Å². The van der Waals surface area contributed by atoms with Crippen molar-refractivity contribution >= 4 is 70.3 Å². The molecule has 0 saturated carbocycles. The van der Waals surface area contributed by atoms with Crippen LogP contribution in [-0.4, -0.2) is 186 Å². The van der Waals surface area contributed by atoms with Gasteiger partial charge >= 0.3 is 11.9 Å². The first-order valence-electron chi connectivity index (χ1n) is 41.1. The number of nitrogens with one attached hydrogen (secondary N) is 4. The molecule has 4 amide bonds. The fourth-order valence-electron chi connectivity index (χ4n) is 11.2. The van der Waals surface area contributed by atoms with E-state index in [1.807, 2.05) is 6.92 Å². The Balaban J connectivity index is -0.00000171. The SMILES string of the molecule is CC(=O)CC[C@H](CC(=O)CCC(=O)NCCCOCCOCCOCCCNC(=O)CCCCCCCCCCCCCCC(=O)O)C(C)=O.CCC(=O)C[C@@H](CCC(C)=O)C(C)=O.CCC(=O)NCCCOCCOCCOCCCNC(=O)CCCCCCCCCCCCCCCCCCC(=O)O. The van der Waals surface area contributed by atoms with Crippen molar-refractivity contribution in [2.24, 2.45) is 11.8 Å². The number of carboxylic acids is 2. The highest BCUT2D eigenvalue weighted by Crippen LogP contribution is 2.19. The first-order chi connectivity index (χ1) is 51.1. The van der Waals surface area contributed by atoms with Gasteiger partial charge in [-0.1, -0.05) is 168 Å². The van der Waals surface area contributed by atoms with E-state index in [-0.39, 0.29) is 89.9 Å². The summed E-state index contributed by atoms with van der Waals surface area (Å²) in [6.45, 7) is 18.1. The van der Waals surface area contributed by atoms with E-state index in [1.165, 1.54) is 150 Å². The summed E-state index contributed by atoms with van der Waals surface area (Å²) in [4.78, 5) is 136. The Labute approximate surface area is 639 Å². The minimum Gasteiger partial charge on any atom is -0.481 e. The second kappa shape index (κ2) is 82.1. The highest BCUT2D eigenvalue weighted by molar-refractivity contribution is 5.90. The second-order valence-electron chi connectivity index (χ2n) is 28.0. The molecule has 0 aliphatic carbocycles. The van der Waals surface area contributed by atoms with E-state index < -0.39 is 17.9 Å².